The molecule has 4 bridgehead atoms. The van der Waals surface area contributed by atoms with Gasteiger partial charge >= 0.3 is 0 Å². The van der Waals surface area contributed by atoms with Crippen LogP contribution in [0.5, 0.6) is 0 Å². The van der Waals surface area contributed by atoms with Crippen LogP contribution in [0.15, 0.2) is 23.6 Å². The van der Waals surface area contributed by atoms with Gasteiger partial charge in [-0.15, -0.1) is 0 Å². The molecule has 0 aliphatic heterocycles. The summed E-state index contributed by atoms with van der Waals surface area (Å²) in [6.07, 6.45) is 12.0. The summed E-state index contributed by atoms with van der Waals surface area (Å²) in [7, 11) is 0. The second-order valence-corrected chi connectivity index (χ2v) is 7.08. The molecule has 0 aromatic carbocycles. The summed E-state index contributed by atoms with van der Waals surface area (Å²) in [5, 5.41) is 4.63. The van der Waals surface area contributed by atoms with E-state index in [0.717, 1.165) is 17.8 Å². The van der Waals surface area contributed by atoms with Gasteiger partial charge in [-0.2, -0.15) is 5.10 Å². The highest BCUT2D eigenvalue weighted by molar-refractivity contribution is 5.89. The van der Waals surface area contributed by atoms with Gasteiger partial charge in [-0.3, -0.25) is 0 Å². The summed E-state index contributed by atoms with van der Waals surface area (Å²) >= 11 is 0. The van der Waals surface area contributed by atoms with Crippen molar-refractivity contribution in [2.45, 2.75) is 45.4 Å². The van der Waals surface area contributed by atoms with Crippen LogP contribution in [-0.4, -0.2) is 15.7 Å². The first-order chi connectivity index (χ1) is 9.73. The average molecular weight is 270 g/mol. The SMILES string of the molecule is C/C(=N\Nc1ncccn1)C12CC3CC(CC(C3)C1)C2. The van der Waals surface area contributed by atoms with Crippen LogP contribution >= 0.6 is 0 Å². The number of hydrazone groups is 1. The van der Waals surface area contributed by atoms with E-state index in [1.165, 1.54) is 44.2 Å². The Kier molecular flexibility index (Phi) is 2.79. The second-order valence-electron chi connectivity index (χ2n) is 7.08. The van der Waals surface area contributed by atoms with E-state index in [-0.39, 0.29) is 0 Å². The van der Waals surface area contributed by atoms with Crippen LogP contribution in [0.4, 0.5) is 5.95 Å². The van der Waals surface area contributed by atoms with Crippen molar-refractivity contribution in [1.82, 2.24) is 9.97 Å². The third-order valence-electron chi connectivity index (χ3n) is 5.70. The Balaban J connectivity index is 1.54. The summed E-state index contributed by atoms with van der Waals surface area (Å²) in [6, 6.07) is 1.82. The van der Waals surface area contributed by atoms with E-state index in [1.54, 1.807) is 12.4 Å². The van der Waals surface area contributed by atoms with Gasteiger partial charge in [-0.25, -0.2) is 15.4 Å². The number of hydrogen-bond donors (Lipinski definition) is 1. The van der Waals surface area contributed by atoms with Crippen molar-refractivity contribution in [3.63, 3.8) is 0 Å². The standard InChI is InChI=1S/C16H22N4/c1-11(19-20-15-17-3-2-4-18-15)16-8-12-5-13(9-16)7-14(6-12)10-16/h2-4,12-14H,5-10H2,1H3,(H,17,18,20)/b19-11+. The van der Waals surface area contributed by atoms with E-state index >= 15 is 0 Å². The number of hydrogen-bond acceptors (Lipinski definition) is 4. The molecule has 0 spiro atoms. The Bertz CT molecular complexity index is 487. The van der Waals surface area contributed by atoms with Crippen molar-refractivity contribution < 1.29 is 0 Å². The molecule has 0 unspecified atom stereocenters. The predicted molar refractivity (Wildman–Crippen MR) is 79.4 cm³/mol. The number of aromatic nitrogens is 2. The molecular weight excluding hydrogens is 248 g/mol. The first kappa shape index (κ1) is 12.3. The molecule has 4 heteroatoms. The van der Waals surface area contributed by atoms with Gasteiger partial charge < -0.3 is 0 Å². The summed E-state index contributed by atoms with van der Waals surface area (Å²) in [4.78, 5) is 8.34. The molecule has 0 saturated heterocycles. The molecule has 1 aromatic heterocycles. The van der Waals surface area contributed by atoms with E-state index in [4.69, 9.17) is 0 Å². The van der Waals surface area contributed by atoms with Crippen LogP contribution in [-0.2, 0) is 0 Å². The maximum Gasteiger partial charge on any atom is 0.243 e. The lowest BCUT2D eigenvalue weighted by Gasteiger charge is -2.56. The quantitative estimate of drug-likeness (QED) is 0.675. The lowest BCUT2D eigenvalue weighted by atomic mass is 9.48. The zero-order chi connectivity index (χ0) is 13.6. The van der Waals surface area contributed by atoms with Crippen molar-refractivity contribution >= 4 is 11.7 Å². The molecule has 4 nitrogen and oxygen atoms in total. The number of nitrogens with zero attached hydrogens (tertiary/aromatic N) is 3. The highest BCUT2D eigenvalue weighted by atomic mass is 15.4. The topological polar surface area (TPSA) is 50.2 Å². The molecule has 1 N–H and O–H groups in total. The first-order valence-corrected chi connectivity index (χ1v) is 7.81. The normalized spacial score (nSPS) is 39.0. The Morgan fingerprint density at radius 3 is 2.20 bits per heavy atom. The minimum absolute atomic E-state index is 0.372. The third kappa shape index (κ3) is 2.02. The van der Waals surface area contributed by atoms with Crippen molar-refractivity contribution in [2.24, 2.45) is 28.3 Å². The second kappa shape index (κ2) is 4.54. The zero-order valence-electron chi connectivity index (χ0n) is 12.0. The molecule has 5 rings (SSSR count). The largest absolute Gasteiger partial charge is 0.245 e. The molecule has 0 amide bonds. The molecular formula is C16H22N4. The molecule has 1 heterocycles. The highest BCUT2D eigenvalue weighted by Crippen LogP contribution is 2.60. The van der Waals surface area contributed by atoms with Crippen LogP contribution in [0.2, 0.25) is 0 Å². The minimum atomic E-state index is 0.372. The van der Waals surface area contributed by atoms with E-state index in [0.29, 0.717) is 11.4 Å². The van der Waals surface area contributed by atoms with Crippen LogP contribution in [0.1, 0.15) is 45.4 Å². The Hall–Kier alpha value is -1.45. The van der Waals surface area contributed by atoms with Gasteiger partial charge in [-0.1, -0.05) is 0 Å². The maximum atomic E-state index is 4.63. The summed E-state index contributed by atoms with van der Waals surface area (Å²) in [6.45, 7) is 2.20. The van der Waals surface area contributed by atoms with Gasteiger partial charge in [0.05, 0.1) is 0 Å². The summed E-state index contributed by atoms with van der Waals surface area (Å²) < 4.78 is 0. The number of anilines is 1. The van der Waals surface area contributed by atoms with Gasteiger partial charge in [-0.05, 0) is 69.3 Å². The van der Waals surface area contributed by atoms with Crippen LogP contribution < -0.4 is 5.43 Å². The number of rotatable bonds is 3. The average Bonchev–Trinajstić information content (AvgIpc) is 2.44. The summed E-state index contributed by atoms with van der Waals surface area (Å²) in [5.74, 6) is 3.47. The zero-order valence-corrected chi connectivity index (χ0v) is 12.0. The monoisotopic (exact) mass is 270 g/mol. The van der Waals surface area contributed by atoms with E-state index < -0.39 is 0 Å². The van der Waals surface area contributed by atoms with Gasteiger partial charge in [0.1, 0.15) is 0 Å². The third-order valence-corrected chi connectivity index (χ3v) is 5.70. The molecule has 0 atom stereocenters. The van der Waals surface area contributed by atoms with Crippen LogP contribution in [0.3, 0.4) is 0 Å². The fourth-order valence-electron chi connectivity index (χ4n) is 5.16. The molecule has 4 aliphatic carbocycles. The minimum Gasteiger partial charge on any atom is -0.245 e. The number of nitrogens with one attached hydrogen (secondary N) is 1. The van der Waals surface area contributed by atoms with Crippen LogP contribution in [0, 0.1) is 23.2 Å². The molecule has 4 fully saturated rings. The first-order valence-electron chi connectivity index (χ1n) is 7.81. The van der Waals surface area contributed by atoms with Crippen LogP contribution in [0.25, 0.3) is 0 Å². The van der Waals surface area contributed by atoms with E-state index in [2.05, 4.69) is 27.4 Å². The lowest BCUT2D eigenvalue weighted by Crippen LogP contribution is -2.49. The lowest BCUT2D eigenvalue weighted by molar-refractivity contribution is -0.0126. The van der Waals surface area contributed by atoms with Gasteiger partial charge in [0.25, 0.3) is 0 Å². The van der Waals surface area contributed by atoms with Crippen molar-refractivity contribution in [3.05, 3.63) is 18.5 Å². The van der Waals surface area contributed by atoms with Crippen molar-refractivity contribution in [1.29, 1.82) is 0 Å². The smallest absolute Gasteiger partial charge is 0.243 e. The fraction of sp³-hybridized carbons (Fsp3) is 0.688. The molecule has 106 valence electrons. The molecule has 4 saturated carbocycles. The maximum absolute atomic E-state index is 4.63. The fourth-order valence-corrected chi connectivity index (χ4v) is 5.16. The Morgan fingerprint density at radius 1 is 1.10 bits per heavy atom. The van der Waals surface area contributed by atoms with Gasteiger partial charge in [0.15, 0.2) is 0 Å². The predicted octanol–water partition coefficient (Wildman–Crippen LogP) is 3.48. The molecule has 1 aromatic rings. The van der Waals surface area contributed by atoms with Crippen molar-refractivity contribution in [3.8, 4) is 0 Å². The molecule has 4 aliphatic rings. The van der Waals surface area contributed by atoms with E-state index in [9.17, 15) is 0 Å². The Morgan fingerprint density at radius 2 is 1.65 bits per heavy atom. The molecule has 20 heavy (non-hydrogen) atoms. The van der Waals surface area contributed by atoms with Gasteiger partial charge in [0, 0.05) is 23.5 Å². The molecule has 0 radical (unpaired) electrons. The summed E-state index contributed by atoms with van der Waals surface area (Å²) in [5.41, 5.74) is 4.67. The van der Waals surface area contributed by atoms with E-state index in [1.807, 2.05) is 6.07 Å². The van der Waals surface area contributed by atoms with Crippen molar-refractivity contribution in [2.75, 3.05) is 5.43 Å². The van der Waals surface area contributed by atoms with Gasteiger partial charge in [0.2, 0.25) is 5.95 Å². The Labute approximate surface area is 120 Å². The highest BCUT2D eigenvalue weighted by Gasteiger charge is 2.52.